The molecule has 210 valence electrons. The Kier molecular flexibility index (Phi) is 8.21. The van der Waals surface area contributed by atoms with Crippen LogP contribution in [0.1, 0.15) is 0 Å². The molecule has 0 atom stereocenters. The first-order valence-electron chi connectivity index (χ1n) is 11.6. The van der Waals surface area contributed by atoms with Gasteiger partial charge in [-0.15, -0.1) is 0 Å². The maximum Gasteiger partial charge on any atom is 0.321 e. The molecular formula is C26H23F4N5O4S. The van der Waals surface area contributed by atoms with Gasteiger partial charge < -0.3 is 4.74 Å². The maximum atomic E-state index is 16.2. The smallest absolute Gasteiger partial charge is 0.321 e. The fraction of sp³-hybridized carbons (Fsp3) is 0.192. The van der Waals surface area contributed by atoms with E-state index in [1.807, 2.05) is 0 Å². The number of sulfonamides is 1. The molecule has 0 spiro atoms. The van der Waals surface area contributed by atoms with Crippen LogP contribution < -0.4 is 4.31 Å². The van der Waals surface area contributed by atoms with Gasteiger partial charge in [-0.05, 0) is 62.1 Å². The summed E-state index contributed by atoms with van der Waals surface area (Å²) in [4.78, 5) is 16.4. The van der Waals surface area contributed by atoms with E-state index in [1.54, 1.807) is 26.2 Å². The summed E-state index contributed by atoms with van der Waals surface area (Å²) in [6.07, 6.45) is 4.45. The number of aromatic nitrogens is 3. The summed E-state index contributed by atoms with van der Waals surface area (Å²) >= 11 is 0. The van der Waals surface area contributed by atoms with Crippen molar-refractivity contribution in [3.8, 4) is 22.4 Å². The van der Waals surface area contributed by atoms with Crippen molar-refractivity contribution in [3.63, 3.8) is 0 Å². The topological polar surface area (TPSA) is 97.6 Å². The molecule has 14 heteroatoms. The van der Waals surface area contributed by atoms with Crippen LogP contribution in [0.4, 0.5) is 23.2 Å². The molecule has 4 aromatic rings. The molecular weight excluding hydrogens is 554 g/mol. The van der Waals surface area contributed by atoms with Crippen LogP contribution in [0.15, 0.2) is 66.0 Å². The molecule has 2 aromatic heterocycles. The molecule has 9 nitrogen and oxygen atoms in total. The van der Waals surface area contributed by atoms with Gasteiger partial charge in [0.25, 0.3) is 10.0 Å². The number of carbonyl (C=O) groups is 1. The highest BCUT2D eigenvalue weighted by Crippen LogP contribution is 2.38. The number of esters is 1. The zero-order chi connectivity index (χ0) is 29.2. The van der Waals surface area contributed by atoms with Crippen LogP contribution in [-0.4, -0.2) is 61.4 Å². The molecule has 0 saturated carbocycles. The summed E-state index contributed by atoms with van der Waals surface area (Å²) in [5, 5.41) is 4.18. The van der Waals surface area contributed by atoms with Crippen LogP contribution in [-0.2, 0) is 26.6 Å². The zero-order valence-electron chi connectivity index (χ0n) is 21.5. The highest BCUT2D eigenvalue weighted by molar-refractivity contribution is 7.92. The number of hydrogen-bond donors (Lipinski definition) is 0. The monoisotopic (exact) mass is 577 g/mol. The molecule has 0 aliphatic rings. The van der Waals surface area contributed by atoms with Crippen molar-refractivity contribution in [2.75, 3.05) is 31.7 Å². The SMILES string of the molecule is CN(C)CC(=O)OCN(c1ccc(F)c(-c2nn(C)cc2-c2ccncc2)c1F)S(=O)(=O)c1cc(F)ccc1F. The number of carbonyl (C=O) groups excluding carboxylic acids is 1. The van der Waals surface area contributed by atoms with Crippen LogP contribution in [0.3, 0.4) is 0 Å². The molecule has 0 radical (unpaired) electrons. The van der Waals surface area contributed by atoms with Gasteiger partial charge >= 0.3 is 5.97 Å². The molecule has 0 unspecified atom stereocenters. The van der Waals surface area contributed by atoms with E-state index < -0.39 is 62.1 Å². The van der Waals surface area contributed by atoms with Crippen molar-refractivity contribution in [3.05, 3.63) is 84.3 Å². The Bertz CT molecular complexity index is 1660. The zero-order valence-corrected chi connectivity index (χ0v) is 22.3. The Morgan fingerprint density at radius 1 is 1.00 bits per heavy atom. The van der Waals surface area contributed by atoms with Crippen molar-refractivity contribution in [1.29, 1.82) is 0 Å². The third kappa shape index (κ3) is 5.82. The van der Waals surface area contributed by atoms with Gasteiger partial charge in [0.1, 0.15) is 28.0 Å². The van der Waals surface area contributed by atoms with E-state index in [-0.39, 0.29) is 16.5 Å². The average Bonchev–Trinajstić information content (AvgIpc) is 3.27. The maximum absolute atomic E-state index is 16.2. The van der Waals surface area contributed by atoms with Gasteiger partial charge in [0.05, 0.1) is 17.8 Å². The van der Waals surface area contributed by atoms with Gasteiger partial charge in [-0.1, -0.05) is 0 Å². The van der Waals surface area contributed by atoms with E-state index in [0.29, 0.717) is 29.3 Å². The van der Waals surface area contributed by atoms with Crippen LogP contribution in [0.25, 0.3) is 22.4 Å². The van der Waals surface area contributed by atoms with Gasteiger partial charge in [0.15, 0.2) is 12.5 Å². The van der Waals surface area contributed by atoms with E-state index >= 15 is 8.78 Å². The molecule has 0 amide bonds. The second kappa shape index (κ2) is 11.4. The first kappa shape index (κ1) is 28.7. The van der Waals surface area contributed by atoms with Crippen LogP contribution in [0.2, 0.25) is 0 Å². The van der Waals surface area contributed by atoms with Gasteiger partial charge in [0.2, 0.25) is 0 Å². The largest absolute Gasteiger partial charge is 0.442 e. The molecule has 4 rings (SSSR count). The second-order valence-corrected chi connectivity index (χ2v) is 10.7. The highest BCUT2D eigenvalue weighted by atomic mass is 32.2. The summed E-state index contributed by atoms with van der Waals surface area (Å²) in [5.74, 6) is -5.77. The van der Waals surface area contributed by atoms with Crippen molar-refractivity contribution >= 4 is 21.7 Å². The minimum absolute atomic E-state index is 0.163. The third-order valence-electron chi connectivity index (χ3n) is 5.65. The summed E-state index contributed by atoms with van der Waals surface area (Å²) in [6, 6.07) is 6.46. The first-order valence-corrected chi connectivity index (χ1v) is 13.0. The quantitative estimate of drug-likeness (QED) is 0.169. The Morgan fingerprint density at radius 2 is 1.68 bits per heavy atom. The van der Waals surface area contributed by atoms with Crippen LogP contribution in [0, 0.1) is 23.3 Å². The molecule has 0 aliphatic carbocycles. The van der Waals surface area contributed by atoms with Crippen molar-refractivity contribution in [1.82, 2.24) is 19.7 Å². The number of anilines is 1. The number of ether oxygens (including phenoxy) is 1. The van der Waals surface area contributed by atoms with Crippen molar-refractivity contribution in [2.24, 2.45) is 7.05 Å². The Hall–Kier alpha value is -4.30. The molecule has 2 heterocycles. The summed E-state index contributed by atoms with van der Waals surface area (Å²) in [6.45, 7) is -1.38. The molecule has 0 saturated heterocycles. The van der Waals surface area contributed by atoms with Gasteiger partial charge in [0, 0.05) is 31.2 Å². The standard InChI is InChI=1S/C26H23F4N5O4S/c1-33(2)14-23(36)39-15-35(40(37,38)22-12-17(27)4-5-19(22)28)21-7-6-20(29)24(25(21)30)26-18(13-34(3)32-26)16-8-10-31-11-9-16/h4-13H,14-15H2,1-3H3. The molecule has 0 fully saturated rings. The Labute approximate surface area is 227 Å². The first-order chi connectivity index (χ1) is 18.9. The Morgan fingerprint density at radius 3 is 2.35 bits per heavy atom. The number of benzene rings is 2. The van der Waals surface area contributed by atoms with Crippen molar-refractivity contribution < 1.29 is 35.5 Å². The van der Waals surface area contributed by atoms with Crippen LogP contribution in [0.5, 0.6) is 0 Å². The number of rotatable bonds is 9. The number of pyridine rings is 1. The number of likely N-dealkylation sites (N-methyl/N-ethyl adjacent to an activating group) is 1. The lowest BCUT2D eigenvalue weighted by molar-refractivity contribution is -0.143. The van der Waals surface area contributed by atoms with E-state index in [0.717, 1.165) is 12.1 Å². The lowest BCUT2D eigenvalue weighted by Crippen LogP contribution is -2.37. The second-order valence-electron chi connectivity index (χ2n) is 8.87. The number of nitrogens with zero attached hydrogens (tertiary/aromatic N) is 5. The number of halogens is 4. The normalized spacial score (nSPS) is 11.6. The summed E-state index contributed by atoms with van der Waals surface area (Å²) in [7, 11) is -0.457. The fourth-order valence-electron chi connectivity index (χ4n) is 3.86. The van der Waals surface area contributed by atoms with Gasteiger partial charge in [-0.2, -0.15) is 5.10 Å². The predicted octanol–water partition coefficient (Wildman–Crippen LogP) is 3.96. The molecule has 2 aromatic carbocycles. The predicted molar refractivity (Wildman–Crippen MR) is 137 cm³/mol. The average molecular weight is 578 g/mol. The van der Waals surface area contributed by atoms with E-state index in [4.69, 9.17) is 4.74 Å². The van der Waals surface area contributed by atoms with E-state index in [1.165, 1.54) is 35.2 Å². The lowest BCUT2D eigenvalue weighted by Gasteiger charge is -2.25. The van der Waals surface area contributed by atoms with Crippen LogP contribution >= 0.6 is 0 Å². The minimum Gasteiger partial charge on any atom is -0.442 e. The molecule has 40 heavy (non-hydrogen) atoms. The van der Waals surface area contributed by atoms with E-state index in [9.17, 15) is 22.0 Å². The van der Waals surface area contributed by atoms with Gasteiger partial charge in [-0.25, -0.2) is 30.3 Å². The lowest BCUT2D eigenvalue weighted by atomic mass is 10.0. The molecule has 0 aliphatic heterocycles. The van der Waals surface area contributed by atoms with Crippen molar-refractivity contribution in [2.45, 2.75) is 4.90 Å². The molecule has 0 N–H and O–H groups in total. The fourth-order valence-corrected chi connectivity index (χ4v) is 5.27. The third-order valence-corrected chi connectivity index (χ3v) is 7.40. The summed E-state index contributed by atoms with van der Waals surface area (Å²) < 4.78 is 93.7. The van der Waals surface area contributed by atoms with Gasteiger partial charge in [-0.3, -0.25) is 19.4 Å². The Balaban J connectivity index is 1.90. The highest BCUT2D eigenvalue weighted by Gasteiger charge is 2.34. The summed E-state index contributed by atoms with van der Waals surface area (Å²) in [5.41, 5.74) is -0.813. The number of aryl methyl sites for hydroxylation is 1. The minimum atomic E-state index is -5.09. The molecule has 0 bridgehead atoms. The number of hydrogen-bond acceptors (Lipinski definition) is 7. The van der Waals surface area contributed by atoms with E-state index in [2.05, 4.69) is 10.1 Å².